The molecule has 0 bridgehead atoms. The quantitative estimate of drug-likeness (QED) is 0.588. The first-order chi connectivity index (χ1) is 8.74. The fraction of sp³-hybridized carbons (Fsp3) is 0.500. The minimum Gasteiger partial charge on any atom is -0.382 e. The van der Waals surface area contributed by atoms with Gasteiger partial charge < -0.3 is 9.30 Å². The first-order valence-electron chi connectivity index (χ1n) is 6.41. The van der Waals surface area contributed by atoms with Crippen molar-refractivity contribution in [1.82, 2.24) is 9.55 Å². The van der Waals surface area contributed by atoms with Gasteiger partial charge in [-0.15, -0.1) is 11.6 Å². The molecule has 2 rings (SSSR count). The number of aromatic nitrogens is 2. The molecule has 0 saturated carbocycles. The highest BCUT2D eigenvalue weighted by Crippen LogP contribution is 2.24. The van der Waals surface area contributed by atoms with Gasteiger partial charge in [-0.3, -0.25) is 0 Å². The summed E-state index contributed by atoms with van der Waals surface area (Å²) < 4.78 is 7.58. The number of fused-ring (bicyclic) bond motifs is 1. The van der Waals surface area contributed by atoms with Crippen molar-refractivity contribution in [3.8, 4) is 0 Å². The Balaban J connectivity index is 2.24. The van der Waals surface area contributed by atoms with E-state index in [2.05, 4.69) is 15.6 Å². The van der Waals surface area contributed by atoms with Crippen molar-refractivity contribution in [1.29, 1.82) is 0 Å². The Labute approximate surface area is 113 Å². The third-order valence-corrected chi connectivity index (χ3v) is 3.11. The van der Waals surface area contributed by atoms with Gasteiger partial charge in [0.25, 0.3) is 0 Å². The van der Waals surface area contributed by atoms with E-state index >= 15 is 0 Å². The topological polar surface area (TPSA) is 27.1 Å². The van der Waals surface area contributed by atoms with Crippen LogP contribution in [0.15, 0.2) is 24.3 Å². The second-order valence-corrected chi connectivity index (χ2v) is 4.93. The van der Waals surface area contributed by atoms with Crippen molar-refractivity contribution >= 4 is 22.6 Å². The van der Waals surface area contributed by atoms with Crippen LogP contribution in [0.3, 0.4) is 0 Å². The Morgan fingerprint density at radius 3 is 2.89 bits per heavy atom. The molecule has 0 amide bonds. The minimum atomic E-state index is -0.0792. The van der Waals surface area contributed by atoms with E-state index in [4.69, 9.17) is 16.3 Å². The average molecular weight is 267 g/mol. The van der Waals surface area contributed by atoms with E-state index in [0.29, 0.717) is 0 Å². The summed E-state index contributed by atoms with van der Waals surface area (Å²) >= 11 is 6.21. The Bertz CT molecular complexity index is 507. The molecular formula is C14H19ClN2O. The molecule has 2 aromatic rings. The highest BCUT2D eigenvalue weighted by molar-refractivity contribution is 6.20. The molecule has 0 N–H and O–H groups in total. The number of nitrogens with zero attached hydrogens (tertiary/aromatic N) is 2. The Kier molecular flexibility index (Phi) is 4.61. The standard InChI is InChI=1S/C14H19ClN2O/c1-3-18-10-6-9-17-13-8-5-4-7-12(13)16-14(17)11(2)15/h4-5,7-8,11H,3,6,9-10H2,1-2H3. The molecule has 1 unspecified atom stereocenters. The molecule has 18 heavy (non-hydrogen) atoms. The van der Waals surface area contributed by atoms with Crippen molar-refractivity contribution in [3.63, 3.8) is 0 Å². The minimum absolute atomic E-state index is 0.0792. The lowest BCUT2D eigenvalue weighted by Crippen LogP contribution is -2.07. The van der Waals surface area contributed by atoms with Crippen LogP contribution in [-0.2, 0) is 11.3 Å². The first-order valence-corrected chi connectivity index (χ1v) is 6.84. The monoisotopic (exact) mass is 266 g/mol. The van der Waals surface area contributed by atoms with Gasteiger partial charge in [0, 0.05) is 19.8 Å². The maximum Gasteiger partial charge on any atom is 0.127 e. The number of aryl methyl sites for hydroxylation is 1. The van der Waals surface area contributed by atoms with Crippen LogP contribution < -0.4 is 0 Å². The normalized spacial score (nSPS) is 13.1. The van der Waals surface area contributed by atoms with E-state index in [1.165, 1.54) is 0 Å². The van der Waals surface area contributed by atoms with Gasteiger partial charge in [0.1, 0.15) is 5.82 Å². The lowest BCUT2D eigenvalue weighted by Gasteiger charge is -2.10. The molecule has 1 heterocycles. The number of imidazole rings is 1. The third kappa shape index (κ3) is 2.85. The van der Waals surface area contributed by atoms with Crippen LogP contribution in [0.1, 0.15) is 31.5 Å². The Morgan fingerprint density at radius 2 is 2.17 bits per heavy atom. The van der Waals surface area contributed by atoms with Gasteiger partial charge in [0.05, 0.1) is 16.4 Å². The van der Waals surface area contributed by atoms with Crippen LogP contribution in [0, 0.1) is 0 Å². The van der Waals surface area contributed by atoms with Crippen molar-refractivity contribution < 1.29 is 4.74 Å². The zero-order valence-corrected chi connectivity index (χ0v) is 11.7. The molecule has 3 nitrogen and oxygen atoms in total. The van der Waals surface area contributed by atoms with Gasteiger partial charge in [-0.05, 0) is 32.4 Å². The molecule has 98 valence electrons. The molecule has 0 aliphatic rings. The third-order valence-electron chi connectivity index (χ3n) is 2.91. The molecule has 1 aromatic carbocycles. The molecule has 1 atom stereocenters. The van der Waals surface area contributed by atoms with Crippen LogP contribution in [0.2, 0.25) is 0 Å². The molecule has 0 spiro atoms. The zero-order chi connectivity index (χ0) is 13.0. The van der Waals surface area contributed by atoms with Crippen molar-refractivity contribution in [3.05, 3.63) is 30.1 Å². The van der Waals surface area contributed by atoms with E-state index in [1.807, 2.05) is 32.0 Å². The molecule has 0 saturated heterocycles. The van der Waals surface area contributed by atoms with Crippen LogP contribution in [0.25, 0.3) is 11.0 Å². The van der Waals surface area contributed by atoms with Gasteiger partial charge in [-0.1, -0.05) is 12.1 Å². The van der Waals surface area contributed by atoms with Gasteiger partial charge in [-0.2, -0.15) is 0 Å². The van der Waals surface area contributed by atoms with Gasteiger partial charge in [0.2, 0.25) is 0 Å². The molecule has 4 heteroatoms. The number of alkyl halides is 1. The highest BCUT2D eigenvalue weighted by Gasteiger charge is 2.13. The SMILES string of the molecule is CCOCCCn1c(C(C)Cl)nc2ccccc21. The first kappa shape index (κ1) is 13.4. The van der Waals surface area contributed by atoms with Crippen molar-refractivity contribution in [2.24, 2.45) is 0 Å². The second-order valence-electron chi connectivity index (χ2n) is 4.28. The summed E-state index contributed by atoms with van der Waals surface area (Å²) in [5.41, 5.74) is 2.16. The van der Waals surface area contributed by atoms with E-state index in [1.54, 1.807) is 0 Å². The van der Waals surface area contributed by atoms with E-state index < -0.39 is 0 Å². The molecule has 0 aliphatic heterocycles. The van der Waals surface area contributed by atoms with Gasteiger partial charge in [-0.25, -0.2) is 4.98 Å². The lowest BCUT2D eigenvalue weighted by molar-refractivity contribution is 0.141. The van der Waals surface area contributed by atoms with Gasteiger partial charge in [0.15, 0.2) is 0 Å². The number of hydrogen-bond donors (Lipinski definition) is 0. The predicted molar refractivity (Wildman–Crippen MR) is 75.1 cm³/mol. The molecule has 0 radical (unpaired) electrons. The fourth-order valence-electron chi connectivity index (χ4n) is 2.10. The summed E-state index contributed by atoms with van der Waals surface area (Å²) in [5.74, 6) is 0.939. The van der Waals surface area contributed by atoms with Crippen LogP contribution in [0.5, 0.6) is 0 Å². The van der Waals surface area contributed by atoms with Gasteiger partial charge >= 0.3 is 0 Å². The fourth-order valence-corrected chi connectivity index (χ4v) is 2.27. The summed E-state index contributed by atoms with van der Waals surface area (Å²) in [4.78, 5) is 4.60. The summed E-state index contributed by atoms with van der Waals surface area (Å²) in [7, 11) is 0. The Hall–Kier alpha value is -1.06. The number of hydrogen-bond acceptors (Lipinski definition) is 2. The smallest absolute Gasteiger partial charge is 0.127 e. The second kappa shape index (κ2) is 6.21. The number of rotatable bonds is 6. The van der Waals surface area contributed by atoms with Crippen LogP contribution in [-0.4, -0.2) is 22.8 Å². The maximum absolute atomic E-state index is 6.21. The number of ether oxygens (including phenoxy) is 1. The summed E-state index contributed by atoms with van der Waals surface area (Å²) in [6.07, 6.45) is 0.977. The number of halogens is 1. The van der Waals surface area contributed by atoms with Crippen molar-refractivity contribution in [2.45, 2.75) is 32.2 Å². The zero-order valence-electron chi connectivity index (χ0n) is 10.9. The number of benzene rings is 1. The summed E-state index contributed by atoms with van der Waals surface area (Å²) in [6, 6.07) is 8.15. The Morgan fingerprint density at radius 1 is 1.39 bits per heavy atom. The highest BCUT2D eigenvalue weighted by atomic mass is 35.5. The largest absolute Gasteiger partial charge is 0.382 e. The summed E-state index contributed by atoms with van der Waals surface area (Å²) in [6.45, 7) is 6.41. The van der Waals surface area contributed by atoms with Crippen LogP contribution in [0.4, 0.5) is 0 Å². The van der Waals surface area contributed by atoms with Crippen molar-refractivity contribution in [2.75, 3.05) is 13.2 Å². The average Bonchev–Trinajstić information content (AvgIpc) is 2.74. The molecule has 0 aliphatic carbocycles. The predicted octanol–water partition coefficient (Wildman–Crippen LogP) is 3.76. The number of para-hydroxylation sites is 2. The van der Waals surface area contributed by atoms with E-state index in [9.17, 15) is 0 Å². The van der Waals surface area contributed by atoms with Crippen LogP contribution >= 0.6 is 11.6 Å². The maximum atomic E-state index is 6.21. The van der Waals surface area contributed by atoms with E-state index in [-0.39, 0.29) is 5.38 Å². The molecule has 1 aromatic heterocycles. The lowest BCUT2D eigenvalue weighted by atomic mass is 10.3. The molecule has 0 fully saturated rings. The van der Waals surface area contributed by atoms with E-state index in [0.717, 1.165) is 43.0 Å². The summed E-state index contributed by atoms with van der Waals surface area (Å²) in [5, 5.41) is -0.0792. The molecular weight excluding hydrogens is 248 g/mol.